The molecule has 3 aromatic rings. The van der Waals surface area contributed by atoms with Crippen molar-refractivity contribution in [3.63, 3.8) is 0 Å². The number of nitro groups is 2. The SMILES string of the molecule is O=c1ccc(-c2cccc([N+](=O)[O-])c2)nn1-c1ccc([N+](=O)[O-])cc1. The van der Waals surface area contributed by atoms with Gasteiger partial charge in [-0.05, 0) is 18.2 Å². The molecule has 0 spiro atoms. The summed E-state index contributed by atoms with van der Waals surface area (Å²) in [6.07, 6.45) is 0. The summed E-state index contributed by atoms with van der Waals surface area (Å²) in [5, 5.41) is 25.8. The third-order valence-electron chi connectivity index (χ3n) is 3.46. The molecule has 0 saturated heterocycles. The summed E-state index contributed by atoms with van der Waals surface area (Å²) in [6.45, 7) is 0. The van der Waals surface area contributed by atoms with Gasteiger partial charge in [0.1, 0.15) is 0 Å². The predicted octanol–water partition coefficient (Wildman–Crippen LogP) is 2.72. The van der Waals surface area contributed by atoms with Gasteiger partial charge in [0.05, 0.1) is 21.2 Å². The van der Waals surface area contributed by atoms with Gasteiger partial charge in [0.15, 0.2) is 0 Å². The van der Waals surface area contributed by atoms with Crippen LogP contribution in [0.15, 0.2) is 65.5 Å². The van der Waals surface area contributed by atoms with Crippen LogP contribution in [-0.2, 0) is 0 Å². The quantitative estimate of drug-likeness (QED) is 0.532. The molecule has 9 heteroatoms. The number of nitrogens with zero attached hydrogens (tertiary/aromatic N) is 4. The Morgan fingerprint density at radius 1 is 0.840 bits per heavy atom. The molecule has 0 saturated carbocycles. The molecule has 1 heterocycles. The fraction of sp³-hybridized carbons (Fsp3) is 0. The minimum atomic E-state index is -0.542. The number of nitro benzene ring substituents is 2. The standard InChI is InChI=1S/C16H10N4O5/c21-16-9-8-15(11-2-1-3-14(10-11)20(24)25)17-18(16)12-4-6-13(7-5-12)19(22)23/h1-10H. The van der Waals surface area contributed by atoms with Gasteiger partial charge in [0, 0.05) is 35.9 Å². The maximum Gasteiger partial charge on any atom is 0.271 e. The highest BCUT2D eigenvalue weighted by Crippen LogP contribution is 2.22. The molecule has 2 aromatic carbocycles. The first-order valence-electron chi connectivity index (χ1n) is 7.06. The highest BCUT2D eigenvalue weighted by Gasteiger charge is 2.11. The van der Waals surface area contributed by atoms with Crippen LogP contribution in [0.3, 0.4) is 0 Å². The van der Waals surface area contributed by atoms with Crippen molar-refractivity contribution in [3.8, 4) is 16.9 Å². The lowest BCUT2D eigenvalue weighted by molar-refractivity contribution is -0.385. The normalized spacial score (nSPS) is 10.4. The smallest absolute Gasteiger partial charge is 0.267 e. The minimum absolute atomic E-state index is 0.0904. The molecule has 124 valence electrons. The zero-order chi connectivity index (χ0) is 18.0. The Labute approximate surface area is 140 Å². The van der Waals surface area contributed by atoms with E-state index in [-0.39, 0.29) is 11.4 Å². The second-order valence-electron chi connectivity index (χ2n) is 5.05. The molecule has 0 radical (unpaired) electrons. The van der Waals surface area contributed by atoms with E-state index in [9.17, 15) is 25.0 Å². The van der Waals surface area contributed by atoms with Gasteiger partial charge in [-0.25, -0.2) is 0 Å². The van der Waals surface area contributed by atoms with E-state index in [4.69, 9.17) is 0 Å². The number of hydrogen-bond donors (Lipinski definition) is 0. The molecule has 9 nitrogen and oxygen atoms in total. The van der Waals surface area contributed by atoms with Crippen molar-refractivity contribution in [1.29, 1.82) is 0 Å². The van der Waals surface area contributed by atoms with Crippen LogP contribution in [0.4, 0.5) is 11.4 Å². The van der Waals surface area contributed by atoms with Crippen LogP contribution in [0.25, 0.3) is 16.9 Å². The summed E-state index contributed by atoms with van der Waals surface area (Å²) in [5.74, 6) is 0. The second-order valence-corrected chi connectivity index (χ2v) is 5.05. The van der Waals surface area contributed by atoms with Gasteiger partial charge in [0.2, 0.25) is 0 Å². The van der Waals surface area contributed by atoms with Gasteiger partial charge in [-0.15, -0.1) is 0 Å². The zero-order valence-electron chi connectivity index (χ0n) is 12.6. The Morgan fingerprint density at radius 3 is 2.16 bits per heavy atom. The minimum Gasteiger partial charge on any atom is -0.267 e. The zero-order valence-corrected chi connectivity index (χ0v) is 12.6. The van der Waals surface area contributed by atoms with Crippen LogP contribution in [-0.4, -0.2) is 19.6 Å². The number of hydrogen-bond acceptors (Lipinski definition) is 6. The van der Waals surface area contributed by atoms with Gasteiger partial charge in [-0.3, -0.25) is 25.0 Å². The van der Waals surface area contributed by atoms with E-state index in [1.54, 1.807) is 6.07 Å². The fourth-order valence-electron chi connectivity index (χ4n) is 2.24. The Bertz CT molecular complexity index is 1030. The lowest BCUT2D eigenvalue weighted by Crippen LogP contribution is -2.20. The number of aromatic nitrogens is 2. The van der Waals surface area contributed by atoms with Crippen LogP contribution < -0.4 is 5.56 Å². The number of non-ortho nitro benzene ring substituents is 2. The topological polar surface area (TPSA) is 121 Å². The summed E-state index contributed by atoms with van der Waals surface area (Å²) in [5.41, 5.74) is 0.566. The van der Waals surface area contributed by atoms with E-state index in [0.29, 0.717) is 16.9 Å². The van der Waals surface area contributed by atoms with Crippen LogP contribution in [0.1, 0.15) is 0 Å². The van der Waals surface area contributed by atoms with Gasteiger partial charge < -0.3 is 0 Å². The monoisotopic (exact) mass is 338 g/mol. The van der Waals surface area contributed by atoms with Crippen molar-refractivity contribution in [2.45, 2.75) is 0 Å². The van der Waals surface area contributed by atoms with Crippen LogP contribution >= 0.6 is 0 Å². The van der Waals surface area contributed by atoms with Crippen molar-refractivity contribution >= 4 is 11.4 Å². The molecule has 1 aromatic heterocycles. The molecular weight excluding hydrogens is 328 g/mol. The number of rotatable bonds is 4. The molecular formula is C16H10N4O5. The Kier molecular flexibility index (Phi) is 4.04. The van der Waals surface area contributed by atoms with Gasteiger partial charge in [0.25, 0.3) is 16.9 Å². The molecule has 0 aliphatic heterocycles. The molecule has 0 N–H and O–H groups in total. The van der Waals surface area contributed by atoms with E-state index in [1.165, 1.54) is 54.6 Å². The van der Waals surface area contributed by atoms with Gasteiger partial charge in [-0.2, -0.15) is 9.78 Å². The average molecular weight is 338 g/mol. The molecule has 0 fully saturated rings. The average Bonchev–Trinajstić information content (AvgIpc) is 2.62. The molecule has 0 atom stereocenters. The van der Waals surface area contributed by atoms with Crippen LogP contribution in [0.2, 0.25) is 0 Å². The van der Waals surface area contributed by atoms with Crippen molar-refractivity contribution in [2.75, 3.05) is 0 Å². The van der Waals surface area contributed by atoms with Crippen molar-refractivity contribution < 1.29 is 9.85 Å². The Hall–Kier alpha value is -3.88. The first-order chi connectivity index (χ1) is 12.0. The van der Waals surface area contributed by atoms with Crippen LogP contribution in [0.5, 0.6) is 0 Å². The van der Waals surface area contributed by atoms with E-state index >= 15 is 0 Å². The number of benzene rings is 2. The summed E-state index contributed by atoms with van der Waals surface area (Å²) in [4.78, 5) is 32.6. The summed E-state index contributed by atoms with van der Waals surface area (Å²) in [6, 6.07) is 14.0. The first-order valence-corrected chi connectivity index (χ1v) is 7.06. The van der Waals surface area contributed by atoms with E-state index in [0.717, 1.165) is 4.68 Å². The van der Waals surface area contributed by atoms with E-state index < -0.39 is 15.4 Å². The highest BCUT2D eigenvalue weighted by molar-refractivity contribution is 5.62. The van der Waals surface area contributed by atoms with Gasteiger partial charge >= 0.3 is 0 Å². The third-order valence-corrected chi connectivity index (χ3v) is 3.46. The van der Waals surface area contributed by atoms with Crippen molar-refractivity contribution in [1.82, 2.24) is 9.78 Å². The summed E-state index contributed by atoms with van der Waals surface area (Å²) in [7, 11) is 0. The van der Waals surface area contributed by atoms with Crippen molar-refractivity contribution in [3.05, 3.63) is 91.2 Å². The van der Waals surface area contributed by atoms with E-state index in [2.05, 4.69) is 5.10 Å². The van der Waals surface area contributed by atoms with Gasteiger partial charge in [-0.1, -0.05) is 12.1 Å². The lowest BCUT2D eigenvalue weighted by atomic mass is 10.1. The molecule has 0 aliphatic carbocycles. The largest absolute Gasteiger partial charge is 0.271 e. The maximum absolute atomic E-state index is 12.1. The van der Waals surface area contributed by atoms with Crippen molar-refractivity contribution in [2.24, 2.45) is 0 Å². The molecule has 0 bridgehead atoms. The van der Waals surface area contributed by atoms with Crippen LogP contribution in [0, 0.1) is 20.2 Å². The molecule has 3 rings (SSSR count). The molecule has 0 unspecified atom stereocenters. The van der Waals surface area contributed by atoms with E-state index in [1.807, 2.05) is 0 Å². The maximum atomic E-state index is 12.1. The third kappa shape index (κ3) is 3.24. The second kappa shape index (κ2) is 6.32. The Morgan fingerprint density at radius 2 is 1.52 bits per heavy atom. The lowest BCUT2D eigenvalue weighted by Gasteiger charge is -2.07. The fourth-order valence-corrected chi connectivity index (χ4v) is 2.24. The predicted molar refractivity (Wildman–Crippen MR) is 88.6 cm³/mol. The molecule has 0 amide bonds. The summed E-state index contributed by atoms with van der Waals surface area (Å²) < 4.78 is 1.08. The molecule has 0 aliphatic rings. The first kappa shape index (κ1) is 16.0. The molecule has 25 heavy (non-hydrogen) atoms. The Balaban J connectivity index is 2.07. The summed E-state index contributed by atoms with van der Waals surface area (Å²) >= 11 is 0. The highest BCUT2D eigenvalue weighted by atomic mass is 16.6.